The maximum absolute atomic E-state index is 12.6. The summed E-state index contributed by atoms with van der Waals surface area (Å²) in [6.07, 6.45) is 0. The lowest BCUT2D eigenvalue weighted by molar-refractivity contribution is -0.128. The normalized spacial score (nSPS) is 15.7. The zero-order chi connectivity index (χ0) is 21.8. The number of halogens is 1. The van der Waals surface area contributed by atoms with E-state index in [2.05, 4.69) is 5.32 Å². The molecule has 1 N–H and O–H groups in total. The molecular formula is C24H21ClN2O3S. The average molecular weight is 453 g/mol. The molecule has 158 valence electrons. The third-order valence-electron chi connectivity index (χ3n) is 5.03. The van der Waals surface area contributed by atoms with Gasteiger partial charge in [-0.3, -0.25) is 9.59 Å². The van der Waals surface area contributed by atoms with Crippen molar-refractivity contribution in [1.82, 2.24) is 4.90 Å². The van der Waals surface area contributed by atoms with Crippen LogP contribution in [-0.4, -0.2) is 29.6 Å². The molecule has 1 atom stereocenters. The predicted octanol–water partition coefficient (Wildman–Crippen LogP) is 5.38. The number of benzene rings is 3. The molecule has 31 heavy (non-hydrogen) atoms. The number of ether oxygens (including phenoxy) is 1. The maximum Gasteiger partial charge on any atom is 0.255 e. The molecule has 0 spiro atoms. The van der Waals surface area contributed by atoms with E-state index in [0.717, 1.165) is 11.1 Å². The quantitative estimate of drug-likeness (QED) is 0.545. The summed E-state index contributed by atoms with van der Waals surface area (Å²) in [6.45, 7) is 0.567. The Kier molecular flexibility index (Phi) is 6.49. The van der Waals surface area contributed by atoms with Crippen molar-refractivity contribution in [2.24, 2.45) is 0 Å². The van der Waals surface area contributed by atoms with E-state index in [1.165, 1.54) is 7.11 Å². The van der Waals surface area contributed by atoms with Crippen LogP contribution in [0.15, 0.2) is 72.8 Å². The molecule has 3 aromatic rings. The Morgan fingerprint density at radius 2 is 1.87 bits per heavy atom. The molecule has 1 fully saturated rings. The fraction of sp³-hybridized carbons (Fsp3) is 0.167. The Morgan fingerprint density at radius 1 is 1.13 bits per heavy atom. The molecule has 1 heterocycles. The summed E-state index contributed by atoms with van der Waals surface area (Å²) in [6, 6.07) is 22.4. The lowest BCUT2D eigenvalue weighted by Crippen LogP contribution is -2.27. The summed E-state index contributed by atoms with van der Waals surface area (Å²) < 4.78 is 5.13. The Bertz CT molecular complexity index is 1090. The van der Waals surface area contributed by atoms with Gasteiger partial charge in [0.1, 0.15) is 11.1 Å². The standard InChI is InChI=1S/C24H21ClN2O3S/c1-30-21-12-11-19(13-20(21)25)26-23(29)17-7-9-18(10-8-17)24-27(22(28)15-31-24)14-16-5-3-2-4-6-16/h2-13,24H,14-15H2,1H3,(H,26,29)/t24-/m1/s1. The van der Waals surface area contributed by atoms with Crippen LogP contribution < -0.4 is 10.1 Å². The summed E-state index contributed by atoms with van der Waals surface area (Å²) >= 11 is 7.73. The number of amides is 2. The van der Waals surface area contributed by atoms with Crippen molar-refractivity contribution >= 4 is 40.9 Å². The third kappa shape index (κ3) is 4.86. The highest BCUT2D eigenvalue weighted by Crippen LogP contribution is 2.39. The topological polar surface area (TPSA) is 58.6 Å². The fourth-order valence-electron chi connectivity index (χ4n) is 3.43. The van der Waals surface area contributed by atoms with E-state index < -0.39 is 0 Å². The minimum atomic E-state index is -0.232. The number of anilines is 1. The fourth-order valence-corrected chi connectivity index (χ4v) is 4.87. The van der Waals surface area contributed by atoms with E-state index in [-0.39, 0.29) is 17.2 Å². The number of rotatable bonds is 6. The molecule has 1 aliphatic heterocycles. The largest absolute Gasteiger partial charge is 0.495 e. The van der Waals surface area contributed by atoms with E-state index in [4.69, 9.17) is 16.3 Å². The number of methoxy groups -OCH3 is 1. The van der Waals surface area contributed by atoms with Crippen LogP contribution in [0, 0.1) is 0 Å². The zero-order valence-electron chi connectivity index (χ0n) is 16.9. The number of carbonyl (C=O) groups is 2. The minimum Gasteiger partial charge on any atom is -0.495 e. The van der Waals surface area contributed by atoms with E-state index in [9.17, 15) is 9.59 Å². The van der Waals surface area contributed by atoms with Gasteiger partial charge in [0.05, 0.1) is 17.9 Å². The van der Waals surface area contributed by atoms with Gasteiger partial charge in [-0.15, -0.1) is 11.8 Å². The summed E-state index contributed by atoms with van der Waals surface area (Å²) in [4.78, 5) is 26.9. The molecule has 2 amide bonds. The van der Waals surface area contributed by atoms with Gasteiger partial charge in [0.15, 0.2) is 0 Å². The van der Waals surface area contributed by atoms with Crippen LogP contribution in [0.5, 0.6) is 5.75 Å². The van der Waals surface area contributed by atoms with Crippen molar-refractivity contribution < 1.29 is 14.3 Å². The molecule has 0 saturated carbocycles. The van der Waals surface area contributed by atoms with Crippen LogP contribution in [0.1, 0.15) is 26.9 Å². The first-order chi connectivity index (χ1) is 15.0. The van der Waals surface area contributed by atoms with Gasteiger partial charge in [-0.05, 0) is 41.5 Å². The van der Waals surface area contributed by atoms with Crippen LogP contribution in [0.3, 0.4) is 0 Å². The van der Waals surface area contributed by atoms with Gasteiger partial charge in [-0.2, -0.15) is 0 Å². The molecule has 1 saturated heterocycles. The second-order valence-electron chi connectivity index (χ2n) is 7.10. The Morgan fingerprint density at radius 3 is 2.55 bits per heavy atom. The first-order valence-electron chi connectivity index (χ1n) is 9.75. The number of carbonyl (C=O) groups excluding carboxylic acids is 2. The van der Waals surface area contributed by atoms with Gasteiger partial charge in [-0.1, -0.05) is 54.1 Å². The van der Waals surface area contributed by atoms with Crippen LogP contribution in [-0.2, 0) is 11.3 Å². The van der Waals surface area contributed by atoms with Crippen LogP contribution in [0.4, 0.5) is 5.69 Å². The maximum atomic E-state index is 12.6. The van der Waals surface area contributed by atoms with Crippen molar-refractivity contribution in [3.8, 4) is 5.75 Å². The second kappa shape index (κ2) is 9.45. The van der Waals surface area contributed by atoms with Gasteiger partial charge in [0.2, 0.25) is 5.91 Å². The zero-order valence-corrected chi connectivity index (χ0v) is 18.5. The molecule has 4 rings (SSSR count). The predicted molar refractivity (Wildman–Crippen MR) is 125 cm³/mol. The lowest BCUT2D eigenvalue weighted by Gasteiger charge is -2.24. The molecule has 0 unspecified atom stereocenters. The van der Waals surface area contributed by atoms with E-state index >= 15 is 0 Å². The molecular weight excluding hydrogens is 432 g/mol. The van der Waals surface area contributed by atoms with Crippen molar-refractivity contribution in [1.29, 1.82) is 0 Å². The monoisotopic (exact) mass is 452 g/mol. The van der Waals surface area contributed by atoms with E-state index in [0.29, 0.717) is 34.3 Å². The number of thioether (sulfide) groups is 1. The lowest BCUT2D eigenvalue weighted by atomic mass is 10.1. The van der Waals surface area contributed by atoms with E-state index in [1.54, 1.807) is 42.1 Å². The number of hydrogen-bond acceptors (Lipinski definition) is 4. The first-order valence-corrected chi connectivity index (χ1v) is 11.2. The Labute approximate surface area is 190 Å². The summed E-state index contributed by atoms with van der Waals surface area (Å²) in [5, 5.41) is 3.20. The van der Waals surface area contributed by atoms with Crippen LogP contribution >= 0.6 is 23.4 Å². The Hall–Kier alpha value is -2.96. The molecule has 5 nitrogen and oxygen atoms in total. The summed E-state index contributed by atoms with van der Waals surface area (Å²) in [5.74, 6) is 0.895. The van der Waals surface area contributed by atoms with Crippen molar-refractivity contribution in [2.45, 2.75) is 11.9 Å². The highest BCUT2D eigenvalue weighted by atomic mass is 35.5. The molecule has 7 heteroatoms. The smallest absolute Gasteiger partial charge is 0.255 e. The number of nitrogens with one attached hydrogen (secondary N) is 1. The molecule has 0 aromatic heterocycles. The number of hydrogen-bond donors (Lipinski definition) is 1. The first kappa shape index (κ1) is 21.3. The second-order valence-corrected chi connectivity index (χ2v) is 8.57. The van der Waals surface area contributed by atoms with Gasteiger partial charge in [0, 0.05) is 17.8 Å². The minimum absolute atomic E-state index is 0.0646. The van der Waals surface area contributed by atoms with Crippen molar-refractivity contribution in [3.63, 3.8) is 0 Å². The van der Waals surface area contributed by atoms with Gasteiger partial charge in [0.25, 0.3) is 5.91 Å². The van der Waals surface area contributed by atoms with Crippen molar-refractivity contribution in [3.05, 3.63) is 94.5 Å². The van der Waals surface area contributed by atoms with Crippen LogP contribution in [0.2, 0.25) is 5.02 Å². The summed E-state index contributed by atoms with van der Waals surface area (Å²) in [7, 11) is 1.54. The SMILES string of the molecule is COc1ccc(NC(=O)c2ccc([C@H]3SCC(=O)N3Cc3ccccc3)cc2)cc1Cl. The molecule has 3 aromatic carbocycles. The molecule has 0 bridgehead atoms. The highest BCUT2D eigenvalue weighted by Gasteiger charge is 2.32. The average Bonchev–Trinajstić information content (AvgIpc) is 3.15. The highest BCUT2D eigenvalue weighted by molar-refractivity contribution is 8.00. The van der Waals surface area contributed by atoms with Gasteiger partial charge < -0.3 is 15.0 Å². The van der Waals surface area contributed by atoms with Crippen molar-refractivity contribution in [2.75, 3.05) is 18.2 Å². The van der Waals surface area contributed by atoms with E-state index in [1.807, 2.05) is 47.4 Å². The number of nitrogens with zero attached hydrogens (tertiary/aromatic N) is 1. The third-order valence-corrected chi connectivity index (χ3v) is 6.58. The molecule has 1 aliphatic rings. The molecule has 0 aliphatic carbocycles. The van der Waals surface area contributed by atoms with Crippen LogP contribution in [0.25, 0.3) is 0 Å². The van der Waals surface area contributed by atoms with Gasteiger partial charge in [-0.25, -0.2) is 0 Å². The Balaban J connectivity index is 1.46. The summed E-state index contributed by atoms with van der Waals surface area (Å²) in [5.41, 5.74) is 3.21. The molecule has 0 radical (unpaired) electrons. The van der Waals surface area contributed by atoms with Gasteiger partial charge >= 0.3 is 0 Å².